The van der Waals surface area contributed by atoms with E-state index in [-0.39, 0.29) is 12.4 Å². The van der Waals surface area contributed by atoms with Gasteiger partial charge in [-0.05, 0) is 36.8 Å². The molecule has 32 heavy (non-hydrogen) atoms. The molecule has 0 saturated heterocycles. The zero-order valence-corrected chi connectivity index (χ0v) is 18.5. The number of benzene rings is 3. The lowest BCUT2D eigenvalue weighted by Gasteiger charge is -2.13. The van der Waals surface area contributed by atoms with E-state index in [1.807, 2.05) is 55.5 Å². The maximum Gasteiger partial charge on any atom is 0.204 e. The molecule has 1 N–H and O–H groups in total. The Bertz CT molecular complexity index is 1210. The van der Waals surface area contributed by atoms with Crippen LogP contribution in [0.2, 0.25) is 0 Å². The third-order valence-corrected chi connectivity index (χ3v) is 5.61. The summed E-state index contributed by atoms with van der Waals surface area (Å²) in [6.45, 7) is 2.32. The largest absolute Gasteiger partial charge is 0.493 e. The molecule has 7 heteroatoms. The standard InChI is InChI=1S/C25H22FN3O2S/c1-17-23(19-7-4-3-5-8-19)28-25(32-17)29-27-15-20-9-6-10-22(30-2)24(20)31-16-18-11-13-21(26)14-12-18/h3-15H,16H2,1-2H3,(H,28,29)/b27-15+. The van der Waals surface area contributed by atoms with Crippen LogP contribution in [0.4, 0.5) is 9.52 Å². The van der Waals surface area contributed by atoms with Gasteiger partial charge in [-0.1, -0.05) is 48.5 Å². The summed E-state index contributed by atoms with van der Waals surface area (Å²) >= 11 is 1.54. The zero-order chi connectivity index (χ0) is 22.3. The number of anilines is 1. The summed E-state index contributed by atoms with van der Waals surface area (Å²) in [5, 5.41) is 5.05. The Morgan fingerprint density at radius 2 is 1.81 bits per heavy atom. The van der Waals surface area contributed by atoms with Gasteiger partial charge in [-0.15, -0.1) is 11.3 Å². The average Bonchev–Trinajstić information content (AvgIpc) is 3.20. The lowest BCUT2D eigenvalue weighted by atomic mass is 10.1. The number of aromatic nitrogens is 1. The van der Waals surface area contributed by atoms with Crippen LogP contribution in [0.15, 0.2) is 77.9 Å². The first kappa shape index (κ1) is 21.5. The van der Waals surface area contributed by atoms with Gasteiger partial charge >= 0.3 is 0 Å². The third-order valence-electron chi connectivity index (χ3n) is 4.73. The van der Waals surface area contributed by atoms with Gasteiger partial charge in [0.2, 0.25) is 5.13 Å². The Balaban J connectivity index is 1.50. The molecule has 0 aliphatic carbocycles. The van der Waals surface area contributed by atoms with Gasteiger partial charge in [-0.3, -0.25) is 5.43 Å². The first-order valence-electron chi connectivity index (χ1n) is 10.00. The Hall–Kier alpha value is -3.71. The van der Waals surface area contributed by atoms with E-state index in [1.54, 1.807) is 36.8 Å². The first-order valence-corrected chi connectivity index (χ1v) is 10.8. The molecule has 0 amide bonds. The molecule has 0 spiro atoms. The van der Waals surface area contributed by atoms with Crippen molar-refractivity contribution in [3.8, 4) is 22.8 Å². The second-order valence-corrected chi connectivity index (χ2v) is 8.16. The number of hydrogen-bond donors (Lipinski definition) is 1. The van der Waals surface area contributed by atoms with Crippen molar-refractivity contribution in [2.24, 2.45) is 5.10 Å². The van der Waals surface area contributed by atoms with Crippen molar-refractivity contribution in [1.29, 1.82) is 0 Å². The predicted octanol–water partition coefficient (Wildman–Crippen LogP) is 6.29. The Morgan fingerprint density at radius 3 is 2.56 bits per heavy atom. The molecule has 3 aromatic carbocycles. The van der Waals surface area contributed by atoms with Gasteiger partial charge in [0, 0.05) is 16.0 Å². The number of aryl methyl sites for hydroxylation is 1. The lowest BCUT2D eigenvalue weighted by Crippen LogP contribution is -2.01. The van der Waals surface area contributed by atoms with Crippen molar-refractivity contribution in [2.45, 2.75) is 13.5 Å². The van der Waals surface area contributed by atoms with E-state index in [4.69, 9.17) is 9.47 Å². The van der Waals surface area contributed by atoms with Crippen LogP contribution in [0.25, 0.3) is 11.3 Å². The van der Waals surface area contributed by atoms with Gasteiger partial charge < -0.3 is 9.47 Å². The summed E-state index contributed by atoms with van der Waals surface area (Å²) in [6.07, 6.45) is 1.67. The van der Waals surface area contributed by atoms with E-state index in [9.17, 15) is 4.39 Å². The molecule has 0 fully saturated rings. The second-order valence-electron chi connectivity index (χ2n) is 6.95. The number of thiazole rings is 1. The minimum Gasteiger partial charge on any atom is -0.493 e. The maximum absolute atomic E-state index is 13.1. The van der Waals surface area contributed by atoms with Gasteiger partial charge in [0.25, 0.3) is 0 Å². The number of halogens is 1. The Kier molecular flexibility index (Phi) is 6.77. The quantitative estimate of drug-likeness (QED) is 0.255. The number of hydrazone groups is 1. The van der Waals surface area contributed by atoms with Gasteiger partial charge in [0.15, 0.2) is 11.5 Å². The van der Waals surface area contributed by atoms with Crippen LogP contribution < -0.4 is 14.9 Å². The topological polar surface area (TPSA) is 55.7 Å². The van der Waals surface area contributed by atoms with E-state index in [2.05, 4.69) is 15.5 Å². The van der Waals surface area contributed by atoms with E-state index >= 15 is 0 Å². The molecule has 0 unspecified atom stereocenters. The zero-order valence-electron chi connectivity index (χ0n) is 17.7. The fourth-order valence-corrected chi connectivity index (χ4v) is 3.94. The van der Waals surface area contributed by atoms with Crippen molar-refractivity contribution < 1.29 is 13.9 Å². The predicted molar refractivity (Wildman–Crippen MR) is 127 cm³/mol. The number of hydrogen-bond acceptors (Lipinski definition) is 6. The third kappa shape index (κ3) is 5.12. The number of nitrogens with zero attached hydrogens (tertiary/aromatic N) is 2. The highest BCUT2D eigenvalue weighted by atomic mass is 32.1. The van der Waals surface area contributed by atoms with Crippen molar-refractivity contribution >= 4 is 22.7 Å². The maximum atomic E-state index is 13.1. The summed E-state index contributed by atoms with van der Waals surface area (Å²) in [5.41, 5.74) is 6.62. The van der Waals surface area contributed by atoms with Gasteiger partial charge in [-0.2, -0.15) is 5.10 Å². The summed E-state index contributed by atoms with van der Waals surface area (Å²) in [5.74, 6) is 0.871. The van der Waals surface area contributed by atoms with Crippen molar-refractivity contribution in [2.75, 3.05) is 12.5 Å². The molecule has 0 atom stereocenters. The van der Waals surface area contributed by atoms with Crippen LogP contribution in [0, 0.1) is 12.7 Å². The highest BCUT2D eigenvalue weighted by Gasteiger charge is 2.11. The second kappa shape index (κ2) is 10.1. The number of ether oxygens (including phenoxy) is 2. The van der Waals surface area contributed by atoms with Crippen LogP contribution in [0.1, 0.15) is 16.0 Å². The van der Waals surface area contributed by atoms with E-state index in [0.29, 0.717) is 16.6 Å². The summed E-state index contributed by atoms with van der Waals surface area (Å²) < 4.78 is 24.6. The normalized spacial score (nSPS) is 11.0. The lowest BCUT2D eigenvalue weighted by molar-refractivity contribution is 0.284. The van der Waals surface area contributed by atoms with Crippen LogP contribution in [0.3, 0.4) is 0 Å². The van der Waals surface area contributed by atoms with E-state index in [1.165, 1.54) is 12.1 Å². The van der Waals surface area contributed by atoms with Gasteiger partial charge in [0.1, 0.15) is 12.4 Å². The van der Waals surface area contributed by atoms with Crippen LogP contribution >= 0.6 is 11.3 Å². The fraction of sp³-hybridized carbons (Fsp3) is 0.120. The molecular formula is C25H22FN3O2S. The highest BCUT2D eigenvalue weighted by molar-refractivity contribution is 7.15. The Labute approximate surface area is 190 Å². The fourth-order valence-electron chi connectivity index (χ4n) is 3.15. The molecular weight excluding hydrogens is 425 g/mol. The van der Waals surface area contributed by atoms with Gasteiger partial charge in [0.05, 0.1) is 19.0 Å². The molecule has 4 rings (SSSR count). The summed E-state index contributed by atoms with van der Waals surface area (Å²) in [7, 11) is 1.59. The number of para-hydroxylation sites is 1. The van der Waals surface area contributed by atoms with Crippen molar-refractivity contribution in [1.82, 2.24) is 4.98 Å². The highest BCUT2D eigenvalue weighted by Crippen LogP contribution is 2.32. The molecule has 0 aliphatic rings. The number of nitrogens with one attached hydrogen (secondary N) is 1. The molecule has 1 heterocycles. The van der Waals surface area contributed by atoms with Crippen LogP contribution in [-0.4, -0.2) is 18.3 Å². The number of rotatable bonds is 8. The van der Waals surface area contributed by atoms with Crippen LogP contribution in [0.5, 0.6) is 11.5 Å². The molecule has 4 aromatic rings. The summed E-state index contributed by atoms with van der Waals surface area (Å²) in [6, 6.07) is 21.8. The monoisotopic (exact) mass is 447 g/mol. The molecule has 162 valence electrons. The van der Waals surface area contributed by atoms with Crippen molar-refractivity contribution in [3.63, 3.8) is 0 Å². The molecule has 0 radical (unpaired) electrons. The first-order chi connectivity index (χ1) is 15.6. The van der Waals surface area contributed by atoms with Crippen LogP contribution in [-0.2, 0) is 6.61 Å². The van der Waals surface area contributed by atoms with Gasteiger partial charge in [-0.25, -0.2) is 9.37 Å². The number of methoxy groups -OCH3 is 1. The average molecular weight is 448 g/mol. The van der Waals surface area contributed by atoms with Crippen molar-refractivity contribution in [3.05, 3.63) is 94.6 Å². The Morgan fingerprint density at radius 1 is 1.03 bits per heavy atom. The molecule has 1 aromatic heterocycles. The summed E-state index contributed by atoms with van der Waals surface area (Å²) in [4.78, 5) is 5.77. The SMILES string of the molecule is COc1cccc(/C=N/Nc2nc(-c3ccccc3)c(C)s2)c1OCc1ccc(F)cc1. The smallest absolute Gasteiger partial charge is 0.204 e. The minimum atomic E-state index is -0.280. The van der Waals surface area contributed by atoms with E-state index < -0.39 is 0 Å². The molecule has 0 saturated carbocycles. The minimum absolute atomic E-state index is 0.279. The molecule has 0 aliphatic heterocycles. The van der Waals surface area contributed by atoms with E-state index in [0.717, 1.165) is 27.3 Å². The molecule has 5 nitrogen and oxygen atoms in total. The molecule has 0 bridgehead atoms.